The van der Waals surface area contributed by atoms with E-state index in [1.807, 2.05) is 0 Å². The molecule has 1 aromatic rings. The minimum atomic E-state index is 0.296. The van der Waals surface area contributed by atoms with E-state index in [9.17, 15) is 4.79 Å². The smallest absolute Gasteiger partial charge is 0.155 e. The Hall–Kier alpha value is -1.37. The number of carbonyl (C=O) groups is 1. The Morgan fingerprint density at radius 2 is 2.00 bits per heavy atom. The van der Waals surface area contributed by atoms with E-state index in [1.54, 1.807) is 6.08 Å². The molecule has 0 saturated heterocycles. The zero-order chi connectivity index (χ0) is 13.7. The SMILES string of the molecule is Cc1ccc([C@H](C)CCC[C@H]2C=CC(=O)CC2)cc1. The Bertz CT molecular complexity index is 441. The van der Waals surface area contributed by atoms with Gasteiger partial charge in [-0.05, 0) is 49.7 Å². The standard InChI is InChI=1S/C18H24O/c1-14-6-10-17(11-7-14)15(2)4-3-5-16-8-12-18(19)13-9-16/h6-8,10-12,15-16H,3-5,9,13H2,1-2H3/t15-,16+/m1/s1. The van der Waals surface area contributed by atoms with Crippen LogP contribution >= 0.6 is 0 Å². The lowest BCUT2D eigenvalue weighted by molar-refractivity contribution is -0.115. The Labute approximate surface area is 116 Å². The van der Waals surface area contributed by atoms with Gasteiger partial charge >= 0.3 is 0 Å². The molecule has 0 amide bonds. The Kier molecular flexibility index (Phi) is 4.95. The van der Waals surface area contributed by atoms with Crippen molar-refractivity contribution in [3.05, 3.63) is 47.5 Å². The van der Waals surface area contributed by atoms with E-state index in [0.717, 1.165) is 12.8 Å². The first-order valence-electron chi connectivity index (χ1n) is 7.43. The quantitative estimate of drug-likeness (QED) is 0.739. The summed E-state index contributed by atoms with van der Waals surface area (Å²) in [4.78, 5) is 11.1. The zero-order valence-electron chi connectivity index (χ0n) is 12.1. The van der Waals surface area contributed by atoms with Crippen molar-refractivity contribution in [1.29, 1.82) is 0 Å². The first-order chi connectivity index (χ1) is 9.15. The molecule has 0 radical (unpaired) electrons. The topological polar surface area (TPSA) is 17.1 Å². The van der Waals surface area contributed by atoms with E-state index in [1.165, 1.54) is 30.4 Å². The molecule has 2 rings (SSSR count). The second-order valence-corrected chi connectivity index (χ2v) is 5.87. The maximum Gasteiger partial charge on any atom is 0.155 e. The van der Waals surface area contributed by atoms with Crippen LogP contribution in [0, 0.1) is 12.8 Å². The van der Waals surface area contributed by atoms with Crippen molar-refractivity contribution in [3.8, 4) is 0 Å². The van der Waals surface area contributed by atoms with Crippen LogP contribution in [0.2, 0.25) is 0 Å². The maximum atomic E-state index is 11.1. The molecule has 102 valence electrons. The van der Waals surface area contributed by atoms with Crippen LogP contribution in [0.15, 0.2) is 36.4 Å². The third-order valence-corrected chi connectivity index (χ3v) is 4.17. The number of hydrogen-bond donors (Lipinski definition) is 0. The molecule has 0 saturated carbocycles. The van der Waals surface area contributed by atoms with Gasteiger partial charge in [0.1, 0.15) is 0 Å². The van der Waals surface area contributed by atoms with E-state index in [4.69, 9.17) is 0 Å². The molecule has 0 fully saturated rings. The molecule has 19 heavy (non-hydrogen) atoms. The largest absolute Gasteiger partial charge is 0.295 e. The van der Waals surface area contributed by atoms with Crippen molar-refractivity contribution in [2.75, 3.05) is 0 Å². The van der Waals surface area contributed by atoms with Crippen LogP contribution in [0.1, 0.15) is 56.1 Å². The van der Waals surface area contributed by atoms with E-state index in [0.29, 0.717) is 17.6 Å². The summed E-state index contributed by atoms with van der Waals surface area (Å²) in [6.07, 6.45) is 9.39. The third kappa shape index (κ3) is 4.34. The second kappa shape index (κ2) is 6.70. The van der Waals surface area contributed by atoms with Crippen molar-refractivity contribution in [1.82, 2.24) is 0 Å². The second-order valence-electron chi connectivity index (χ2n) is 5.87. The summed E-state index contributed by atoms with van der Waals surface area (Å²) in [6, 6.07) is 8.89. The molecule has 0 unspecified atom stereocenters. The summed E-state index contributed by atoms with van der Waals surface area (Å²) in [7, 11) is 0. The number of allylic oxidation sites excluding steroid dienone is 2. The molecule has 1 heteroatoms. The van der Waals surface area contributed by atoms with Gasteiger partial charge in [-0.15, -0.1) is 0 Å². The van der Waals surface area contributed by atoms with Crippen molar-refractivity contribution in [2.45, 2.75) is 51.9 Å². The summed E-state index contributed by atoms with van der Waals surface area (Å²) in [5, 5.41) is 0. The fourth-order valence-electron chi connectivity index (χ4n) is 2.74. The van der Waals surface area contributed by atoms with Gasteiger partial charge in [-0.3, -0.25) is 4.79 Å². The van der Waals surface area contributed by atoms with Gasteiger partial charge in [0.2, 0.25) is 0 Å². The molecule has 2 atom stereocenters. The Balaban J connectivity index is 1.75. The van der Waals surface area contributed by atoms with Crippen molar-refractivity contribution < 1.29 is 4.79 Å². The highest BCUT2D eigenvalue weighted by atomic mass is 16.1. The molecule has 0 aromatic heterocycles. The van der Waals surface area contributed by atoms with Crippen LogP contribution in [0.5, 0.6) is 0 Å². The highest BCUT2D eigenvalue weighted by Gasteiger charge is 2.13. The molecule has 0 N–H and O–H groups in total. The van der Waals surface area contributed by atoms with Gasteiger partial charge in [-0.1, -0.05) is 49.2 Å². The van der Waals surface area contributed by atoms with Crippen LogP contribution < -0.4 is 0 Å². The third-order valence-electron chi connectivity index (χ3n) is 4.17. The zero-order valence-corrected chi connectivity index (χ0v) is 12.1. The van der Waals surface area contributed by atoms with E-state index < -0.39 is 0 Å². The Morgan fingerprint density at radius 3 is 2.63 bits per heavy atom. The lowest BCUT2D eigenvalue weighted by atomic mass is 9.88. The van der Waals surface area contributed by atoms with Crippen molar-refractivity contribution in [3.63, 3.8) is 0 Å². The summed E-state index contributed by atoms with van der Waals surface area (Å²) >= 11 is 0. The molecular formula is C18H24O. The van der Waals surface area contributed by atoms with Gasteiger partial charge in [-0.25, -0.2) is 0 Å². The molecule has 0 heterocycles. The van der Waals surface area contributed by atoms with Crippen LogP contribution in [-0.4, -0.2) is 5.78 Å². The fourth-order valence-corrected chi connectivity index (χ4v) is 2.74. The number of aryl methyl sites for hydroxylation is 1. The molecule has 0 aliphatic heterocycles. The molecule has 0 spiro atoms. The maximum absolute atomic E-state index is 11.1. The predicted octanol–water partition coefficient (Wildman–Crippen LogP) is 4.80. The van der Waals surface area contributed by atoms with Crippen LogP contribution in [0.3, 0.4) is 0 Å². The van der Waals surface area contributed by atoms with Crippen molar-refractivity contribution >= 4 is 5.78 Å². The lowest BCUT2D eigenvalue weighted by Gasteiger charge is -2.17. The summed E-state index contributed by atoms with van der Waals surface area (Å²) < 4.78 is 0. The van der Waals surface area contributed by atoms with Gasteiger partial charge in [0, 0.05) is 6.42 Å². The van der Waals surface area contributed by atoms with Crippen LogP contribution in [-0.2, 0) is 4.79 Å². The van der Waals surface area contributed by atoms with Gasteiger partial charge < -0.3 is 0 Å². The molecule has 0 bridgehead atoms. The molecule has 1 aliphatic carbocycles. The molecule has 1 aliphatic rings. The predicted molar refractivity (Wildman–Crippen MR) is 80.3 cm³/mol. The van der Waals surface area contributed by atoms with E-state index in [-0.39, 0.29) is 0 Å². The number of carbonyl (C=O) groups excluding carboxylic acids is 1. The Morgan fingerprint density at radius 1 is 1.26 bits per heavy atom. The molecule has 1 nitrogen and oxygen atoms in total. The fraction of sp³-hybridized carbons (Fsp3) is 0.500. The number of benzene rings is 1. The average molecular weight is 256 g/mol. The lowest BCUT2D eigenvalue weighted by Crippen LogP contribution is -2.08. The van der Waals surface area contributed by atoms with Gasteiger partial charge in [0.05, 0.1) is 0 Å². The first-order valence-corrected chi connectivity index (χ1v) is 7.43. The van der Waals surface area contributed by atoms with E-state index >= 15 is 0 Å². The first kappa shape index (κ1) is 14.0. The van der Waals surface area contributed by atoms with Crippen molar-refractivity contribution in [2.24, 2.45) is 5.92 Å². The van der Waals surface area contributed by atoms with Crippen LogP contribution in [0.25, 0.3) is 0 Å². The normalized spacial score (nSPS) is 20.5. The summed E-state index contributed by atoms with van der Waals surface area (Å²) in [6.45, 7) is 4.44. The number of ketones is 1. The molecule has 1 aromatic carbocycles. The van der Waals surface area contributed by atoms with E-state index in [2.05, 4.69) is 44.2 Å². The number of hydrogen-bond acceptors (Lipinski definition) is 1. The van der Waals surface area contributed by atoms with Gasteiger partial charge in [-0.2, -0.15) is 0 Å². The minimum Gasteiger partial charge on any atom is -0.295 e. The summed E-state index contributed by atoms with van der Waals surface area (Å²) in [5.74, 6) is 1.56. The number of rotatable bonds is 5. The van der Waals surface area contributed by atoms with Crippen LogP contribution in [0.4, 0.5) is 0 Å². The van der Waals surface area contributed by atoms with Gasteiger partial charge in [0.15, 0.2) is 5.78 Å². The average Bonchev–Trinajstić information content (AvgIpc) is 2.41. The monoisotopic (exact) mass is 256 g/mol. The van der Waals surface area contributed by atoms with Gasteiger partial charge in [0.25, 0.3) is 0 Å². The highest BCUT2D eigenvalue weighted by molar-refractivity contribution is 5.90. The summed E-state index contributed by atoms with van der Waals surface area (Å²) in [5.41, 5.74) is 2.77. The molecular weight excluding hydrogens is 232 g/mol. The highest BCUT2D eigenvalue weighted by Crippen LogP contribution is 2.26. The minimum absolute atomic E-state index is 0.296.